The Morgan fingerprint density at radius 1 is 1.24 bits per heavy atom. The van der Waals surface area contributed by atoms with Crippen molar-refractivity contribution in [3.8, 4) is 0 Å². The summed E-state index contributed by atoms with van der Waals surface area (Å²) in [6.07, 6.45) is 7.90. The number of carbonyl (C=O) groups is 1. The third-order valence-electron chi connectivity index (χ3n) is 2.52. The second-order valence-corrected chi connectivity index (χ2v) is 3.56. The topological polar surface area (TPSA) is 71.5 Å². The zero-order valence-electron chi connectivity index (χ0n) is 8.79. The van der Waals surface area contributed by atoms with E-state index in [2.05, 4.69) is 19.9 Å². The van der Waals surface area contributed by atoms with E-state index in [-0.39, 0.29) is 5.78 Å². The lowest BCUT2D eigenvalue weighted by molar-refractivity contribution is 0.104. The molecule has 0 fully saturated rings. The lowest BCUT2D eigenvalue weighted by Crippen LogP contribution is -2.00. The fraction of sp³-hybridized carbons (Fsp3) is 0. The molecule has 0 aliphatic heterocycles. The van der Waals surface area contributed by atoms with Crippen LogP contribution in [0.3, 0.4) is 0 Å². The van der Waals surface area contributed by atoms with Gasteiger partial charge in [0.2, 0.25) is 0 Å². The number of hydrogen-bond acceptors (Lipinski definition) is 4. The number of rotatable bonds is 2. The maximum Gasteiger partial charge on any atom is 0.196 e. The number of H-pyrrole nitrogens is 1. The first-order valence-electron chi connectivity index (χ1n) is 5.08. The minimum atomic E-state index is -0.0841. The summed E-state index contributed by atoms with van der Waals surface area (Å²) in [6, 6.07) is 3.47. The van der Waals surface area contributed by atoms with E-state index in [0.29, 0.717) is 16.8 Å². The van der Waals surface area contributed by atoms with Crippen LogP contribution in [0.15, 0.2) is 43.2 Å². The fourth-order valence-electron chi connectivity index (χ4n) is 1.70. The molecule has 1 N–H and O–H groups in total. The average molecular weight is 224 g/mol. The van der Waals surface area contributed by atoms with Crippen LogP contribution in [-0.4, -0.2) is 25.7 Å². The van der Waals surface area contributed by atoms with E-state index in [1.165, 1.54) is 6.33 Å². The molecule has 3 rings (SSSR count). The molecule has 5 heteroatoms. The predicted octanol–water partition coefficient (Wildman–Crippen LogP) is 1.58. The molecular weight excluding hydrogens is 216 g/mol. The minimum Gasteiger partial charge on any atom is -0.345 e. The molecule has 0 aromatic carbocycles. The number of pyridine rings is 1. The van der Waals surface area contributed by atoms with Crippen LogP contribution < -0.4 is 0 Å². The van der Waals surface area contributed by atoms with E-state index in [1.807, 2.05) is 0 Å². The standard InChI is InChI=1S/C12H8N4O/c17-11(8-2-1-3-13-4-8)9-6-15-12-10(9)5-14-7-16-12/h1-7H,(H,14,15,16). The van der Waals surface area contributed by atoms with Crippen molar-refractivity contribution in [2.75, 3.05) is 0 Å². The normalized spacial score (nSPS) is 10.6. The number of aromatic amines is 1. The molecule has 0 atom stereocenters. The molecular formula is C12H8N4O. The number of nitrogens with one attached hydrogen (secondary N) is 1. The van der Waals surface area contributed by atoms with E-state index in [0.717, 1.165) is 5.39 Å². The van der Waals surface area contributed by atoms with E-state index in [9.17, 15) is 4.79 Å². The van der Waals surface area contributed by atoms with Gasteiger partial charge in [-0.15, -0.1) is 0 Å². The maximum atomic E-state index is 12.2. The molecule has 0 radical (unpaired) electrons. The molecule has 0 aliphatic rings. The van der Waals surface area contributed by atoms with Gasteiger partial charge in [-0.3, -0.25) is 9.78 Å². The number of hydrogen-bond donors (Lipinski definition) is 1. The molecule has 0 unspecified atom stereocenters. The highest BCUT2D eigenvalue weighted by atomic mass is 16.1. The van der Waals surface area contributed by atoms with Crippen LogP contribution in [0.2, 0.25) is 0 Å². The van der Waals surface area contributed by atoms with Crippen LogP contribution in [0.1, 0.15) is 15.9 Å². The Morgan fingerprint density at radius 2 is 2.18 bits per heavy atom. The Bertz CT molecular complexity index is 675. The summed E-state index contributed by atoms with van der Waals surface area (Å²) < 4.78 is 0. The fourth-order valence-corrected chi connectivity index (χ4v) is 1.70. The predicted molar refractivity (Wildman–Crippen MR) is 61.6 cm³/mol. The zero-order valence-corrected chi connectivity index (χ0v) is 8.79. The Balaban J connectivity index is 2.14. The largest absolute Gasteiger partial charge is 0.345 e. The molecule has 3 heterocycles. The minimum absolute atomic E-state index is 0.0841. The average Bonchev–Trinajstić information content (AvgIpc) is 2.83. The Labute approximate surface area is 96.6 Å². The van der Waals surface area contributed by atoms with Crippen LogP contribution in [0.5, 0.6) is 0 Å². The second-order valence-electron chi connectivity index (χ2n) is 3.56. The van der Waals surface area contributed by atoms with Gasteiger partial charge in [-0.1, -0.05) is 0 Å². The van der Waals surface area contributed by atoms with Gasteiger partial charge in [0.05, 0.1) is 5.56 Å². The summed E-state index contributed by atoms with van der Waals surface area (Å²) >= 11 is 0. The van der Waals surface area contributed by atoms with E-state index >= 15 is 0 Å². The molecule has 3 aromatic rings. The first kappa shape index (κ1) is 9.65. The van der Waals surface area contributed by atoms with Crippen molar-refractivity contribution in [3.05, 3.63) is 54.4 Å². The lowest BCUT2D eigenvalue weighted by atomic mass is 10.1. The highest BCUT2D eigenvalue weighted by Gasteiger charge is 2.14. The molecule has 3 aromatic heterocycles. The number of aromatic nitrogens is 4. The van der Waals surface area contributed by atoms with Crippen molar-refractivity contribution in [2.24, 2.45) is 0 Å². The van der Waals surface area contributed by atoms with Crippen molar-refractivity contribution >= 4 is 16.8 Å². The third-order valence-corrected chi connectivity index (χ3v) is 2.52. The van der Waals surface area contributed by atoms with Crippen molar-refractivity contribution < 1.29 is 4.79 Å². The summed E-state index contributed by atoms with van der Waals surface area (Å²) in [5.41, 5.74) is 1.78. The van der Waals surface area contributed by atoms with Gasteiger partial charge in [-0.25, -0.2) is 9.97 Å². The van der Waals surface area contributed by atoms with Gasteiger partial charge in [0.25, 0.3) is 0 Å². The van der Waals surface area contributed by atoms with Gasteiger partial charge < -0.3 is 4.98 Å². The van der Waals surface area contributed by atoms with E-state index in [4.69, 9.17) is 0 Å². The molecule has 0 saturated carbocycles. The molecule has 0 amide bonds. The number of ketones is 1. The van der Waals surface area contributed by atoms with Gasteiger partial charge in [-0.2, -0.15) is 0 Å². The molecule has 0 spiro atoms. The van der Waals surface area contributed by atoms with Crippen molar-refractivity contribution in [1.82, 2.24) is 19.9 Å². The first-order valence-corrected chi connectivity index (χ1v) is 5.08. The van der Waals surface area contributed by atoms with Gasteiger partial charge in [-0.05, 0) is 12.1 Å². The smallest absolute Gasteiger partial charge is 0.196 e. The van der Waals surface area contributed by atoms with Crippen molar-refractivity contribution in [1.29, 1.82) is 0 Å². The lowest BCUT2D eigenvalue weighted by Gasteiger charge is -1.97. The molecule has 82 valence electrons. The Kier molecular flexibility index (Phi) is 2.15. The van der Waals surface area contributed by atoms with Gasteiger partial charge in [0.15, 0.2) is 5.78 Å². The van der Waals surface area contributed by atoms with Crippen LogP contribution in [-0.2, 0) is 0 Å². The Hall–Kier alpha value is -2.56. The zero-order chi connectivity index (χ0) is 11.7. The maximum absolute atomic E-state index is 12.2. The molecule has 5 nitrogen and oxygen atoms in total. The summed E-state index contributed by atoms with van der Waals surface area (Å²) in [7, 11) is 0. The number of fused-ring (bicyclic) bond motifs is 1. The monoisotopic (exact) mass is 224 g/mol. The first-order chi connectivity index (χ1) is 8.36. The summed E-state index contributed by atoms with van der Waals surface area (Å²) in [5.74, 6) is -0.0841. The molecule has 17 heavy (non-hydrogen) atoms. The van der Waals surface area contributed by atoms with Crippen molar-refractivity contribution in [3.63, 3.8) is 0 Å². The third kappa shape index (κ3) is 1.57. The van der Waals surface area contributed by atoms with Crippen LogP contribution in [0.25, 0.3) is 11.0 Å². The summed E-state index contributed by atoms with van der Waals surface area (Å²) in [5, 5.41) is 0.723. The quantitative estimate of drug-likeness (QED) is 0.671. The number of carbonyl (C=O) groups excluding carboxylic acids is 1. The highest BCUT2D eigenvalue weighted by Crippen LogP contribution is 2.17. The Morgan fingerprint density at radius 3 is 3.00 bits per heavy atom. The van der Waals surface area contributed by atoms with Gasteiger partial charge in [0.1, 0.15) is 12.0 Å². The highest BCUT2D eigenvalue weighted by molar-refractivity contribution is 6.15. The van der Waals surface area contributed by atoms with Crippen LogP contribution in [0.4, 0.5) is 0 Å². The summed E-state index contributed by atoms with van der Waals surface area (Å²) in [6.45, 7) is 0. The van der Waals surface area contributed by atoms with E-state index < -0.39 is 0 Å². The molecule has 0 bridgehead atoms. The van der Waals surface area contributed by atoms with E-state index in [1.54, 1.807) is 36.9 Å². The molecule has 0 aliphatic carbocycles. The molecule has 0 saturated heterocycles. The summed E-state index contributed by atoms with van der Waals surface area (Å²) in [4.78, 5) is 27.1. The second kappa shape index (κ2) is 3.79. The van der Waals surface area contributed by atoms with Gasteiger partial charge >= 0.3 is 0 Å². The van der Waals surface area contributed by atoms with Crippen molar-refractivity contribution in [2.45, 2.75) is 0 Å². The van der Waals surface area contributed by atoms with Crippen LogP contribution in [0, 0.1) is 0 Å². The SMILES string of the molecule is O=C(c1cccnc1)c1c[nH]c2ncncc12. The van der Waals surface area contributed by atoms with Crippen LogP contribution >= 0.6 is 0 Å². The van der Waals surface area contributed by atoms with Gasteiger partial charge in [0, 0.05) is 35.7 Å². The number of nitrogens with zero attached hydrogens (tertiary/aromatic N) is 3.